The number of hydrogen-bond donors (Lipinski definition) is 2. The van der Waals surface area contributed by atoms with E-state index in [1.54, 1.807) is 12.3 Å². The molecule has 2 aromatic rings. The summed E-state index contributed by atoms with van der Waals surface area (Å²) in [6, 6.07) is 7.48. The normalized spacial score (nSPS) is 15.4. The fourth-order valence-electron chi connectivity index (χ4n) is 2.02. The Bertz CT molecular complexity index is 617. The van der Waals surface area contributed by atoms with Gasteiger partial charge in [-0.15, -0.1) is 0 Å². The summed E-state index contributed by atoms with van der Waals surface area (Å²) in [5, 5.41) is 13.0. The molecule has 0 bridgehead atoms. The van der Waals surface area contributed by atoms with Crippen molar-refractivity contribution < 1.29 is 14.2 Å². The topological polar surface area (TPSA) is 67.3 Å². The van der Waals surface area contributed by atoms with E-state index in [2.05, 4.69) is 15.3 Å². The fraction of sp³-hybridized carbons (Fsp3) is 0.375. The molecule has 0 amide bonds. The molecule has 5 nitrogen and oxygen atoms in total. The second kappa shape index (κ2) is 6.70. The molecule has 116 valence electrons. The van der Waals surface area contributed by atoms with Gasteiger partial charge in [-0.3, -0.25) is 0 Å². The minimum absolute atomic E-state index is 0.124. The second-order valence-corrected chi connectivity index (χ2v) is 5.37. The predicted molar refractivity (Wildman–Crippen MR) is 80.4 cm³/mol. The summed E-state index contributed by atoms with van der Waals surface area (Å²) in [4.78, 5) is 8.66. The molecular weight excluding hydrogens is 285 g/mol. The van der Waals surface area contributed by atoms with Crippen LogP contribution in [0.2, 0.25) is 0 Å². The number of nitrogens with one attached hydrogen (secondary N) is 1. The summed E-state index contributed by atoms with van der Waals surface area (Å²) in [6.45, 7) is 0.446. The van der Waals surface area contributed by atoms with Crippen LogP contribution in [0.25, 0.3) is 0 Å². The number of aromatic nitrogens is 2. The van der Waals surface area contributed by atoms with E-state index in [9.17, 15) is 9.50 Å². The number of aliphatic hydroxyl groups excluding tert-OH is 1. The van der Waals surface area contributed by atoms with E-state index >= 15 is 0 Å². The first-order valence-corrected chi connectivity index (χ1v) is 7.34. The smallest absolute Gasteiger partial charge is 0.133 e. The van der Waals surface area contributed by atoms with Crippen molar-refractivity contribution in [1.29, 1.82) is 0 Å². The van der Waals surface area contributed by atoms with Gasteiger partial charge in [0.25, 0.3) is 0 Å². The van der Waals surface area contributed by atoms with Gasteiger partial charge >= 0.3 is 0 Å². The number of benzene rings is 1. The number of ether oxygens (including phenoxy) is 1. The van der Waals surface area contributed by atoms with E-state index in [1.165, 1.54) is 24.3 Å². The zero-order valence-electron chi connectivity index (χ0n) is 12.1. The second-order valence-electron chi connectivity index (χ2n) is 5.37. The van der Waals surface area contributed by atoms with Crippen LogP contribution < -0.4 is 10.1 Å². The molecule has 1 aromatic carbocycles. The molecule has 1 atom stereocenters. The van der Waals surface area contributed by atoms with Crippen molar-refractivity contribution in [3.8, 4) is 5.75 Å². The minimum Gasteiger partial charge on any atom is -0.491 e. The van der Waals surface area contributed by atoms with E-state index < -0.39 is 6.10 Å². The van der Waals surface area contributed by atoms with Crippen LogP contribution in [0.5, 0.6) is 5.75 Å². The quantitative estimate of drug-likeness (QED) is 0.822. The van der Waals surface area contributed by atoms with Crippen molar-refractivity contribution >= 4 is 5.82 Å². The molecular formula is C16H18FN3O2. The Morgan fingerprint density at radius 3 is 2.77 bits per heavy atom. The molecule has 1 saturated carbocycles. The molecule has 1 aliphatic carbocycles. The highest BCUT2D eigenvalue weighted by molar-refractivity contribution is 5.34. The maximum Gasteiger partial charge on any atom is 0.133 e. The third-order valence-corrected chi connectivity index (χ3v) is 3.39. The Morgan fingerprint density at radius 2 is 2.05 bits per heavy atom. The molecule has 1 aliphatic rings. The lowest BCUT2D eigenvalue weighted by molar-refractivity contribution is 0.117. The Hall–Kier alpha value is -2.21. The average Bonchev–Trinajstić information content (AvgIpc) is 3.37. The van der Waals surface area contributed by atoms with Crippen LogP contribution in [0.15, 0.2) is 36.5 Å². The first-order chi connectivity index (χ1) is 10.7. The van der Waals surface area contributed by atoms with Crippen LogP contribution in [0, 0.1) is 5.82 Å². The predicted octanol–water partition coefficient (Wildman–Crippen LogP) is 2.34. The largest absolute Gasteiger partial charge is 0.491 e. The molecule has 0 saturated heterocycles. The van der Waals surface area contributed by atoms with Crippen LogP contribution in [0.3, 0.4) is 0 Å². The maximum absolute atomic E-state index is 12.8. The lowest BCUT2D eigenvalue weighted by Gasteiger charge is -2.14. The summed E-state index contributed by atoms with van der Waals surface area (Å²) < 4.78 is 18.2. The molecule has 0 aliphatic heterocycles. The number of hydrogen-bond acceptors (Lipinski definition) is 5. The Balaban J connectivity index is 1.44. The van der Waals surface area contributed by atoms with Crippen molar-refractivity contribution in [3.63, 3.8) is 0 Å². The Labute approximate surface area is 128 Å². The summed E-state index contributed by atoms with van der Waals surface area (Å²) in [7, 11) is 0. The van der Waals surface area contributed by atoms with E-state index in [0.717, 1.165) is 18.7 Å². The van der Waals surface area contributed by atoms with Crippen LogP contribution in [-0.2, 0) is 0 Å². The average molecular weight is 303 g/mol. The highest BCUT2D eigenvalue weighted by Crippen LogP contribution is 2.37. The number of anilines is 1. The zero-order chi connectivity index (χ0) is 15.4. The summed E-state index contributed by atoms with van der Waals surface area (Å²) in [5.74, 6) is 2.27. The Morgan fingerprint density at radius 1 is 1.27 bits per heavy atom. The molecule has 0 radical (unpaired) electrons. The number of halogens is 1. The van der Waals surface area contributed by atoms with Crippen molar-refractivity contribution in [2.45, 2.75) is 24.9 Å². The molecule has 1 unspecified atom stereocenters. The minimum atomic E-state index is -0.690. The third kappa shape index (κ3) is 4.14. The molecule has 1 fully saturated rings. The molecule has 2 N–H and O–H groups in total. The van der Waals surface area contributed by atoms with E-state index in [1.807, 2.05) is 0 Å². The lowest BCUT2D eigenvalue weighted by Crippen LogP contribution is -2.26. The van der Waals surface area contributed by atoms with Crippen molar-refractivity contribution in [2.75, 3.05) is 18.5 Å². The van der Waals surface area contributed by atoms with Gasteiger partial charge in [0.1, 0.15) is 35.9 Å². The van der Waals surface area contributed by atoms with Gasteiger partial charge in [-0.05, 0) is 43.2 Å². The maximum atomic E-state index is 12.8. The molecule has 3 rings (SSSR count). The summed E-state index contributed by atoms with van der Waals surface area (Å²) in [5.41, 5.74) is 0. The molecule has 6 heteroatoms. The van der Waals surface area contributed by atoms with E-state index in [-0.39, 0.29) is 12.4 Å². The molecule has 22 heavy (non-hydrogen) atoms. The molecule has 0 spiro atoms. The number of nitrogens with zero attached hydrogens (tertiary/aromatic N) is 2. The highest BCUT2D eigenvalue weighted by Gasteiger charge is 2.26. The van der Waals surface area contributed by atoms with Gasteiger partial charge in [-0.25, -0.2) is 14.4 Å². The van der Waals surface area contributed by atoms with Crippen molar-refractivity contribution in [1.82, 2.24) is 9.97 Å². The standard InChI is InChI=1S/C16H18FN3O2/c17-12-3-5-14(6-4-12)22-10-13(21)9-19-15-7-8-18-16(20-15)11-1-2-11/h3-8,11,13,21H,1-2,9-10H2,(H,18,19,20). The van der Waals surface area contributed by atoms with Crippen molar-refractivity contribution in [2.24, 2.45) is 0 Å². The number of rotatable bonds is 7. The first kappa shape index (κ1) is 14.7. The van der Waals surface area contributed by atoms with E-state index in [4.69, 9.17) is 4.74 Å². The van der Waals surface area contributed by atoms with Crippen LogP contribution in [0.1, 0.15) is 24.6 Å². The van der Waals surface area contributed by atoms with Gasteiger partial charge < -0.3 is 15.2 Å². The van der Waals surface area contributed by atoms with Gasteiger partial charge in [0.2, 0.25) is 0 Å². The van der Waals surface area contributed by atoms with Crippen LogP contribution in [0.4, 0.5) is 10.2 Å². The Kier molecular flexibility index (Phi) is 4.48. The lowest BCUT2D eigenvalue weighted by atomic mass is 10.3. The van der Waals surface area contributed by atoms with Gasteiger partial charge in [-0.2, -0.15) is 0 Å². The summed E-state index contributed by atoms with van der Waals surface area (Å²) >= 11 is 0. The van der Waals surface area contributed by atoms with Gasteiger partial charge in [-0.1, -0.05) is 0 Å². The summed E-state index contributed by atoms with van der Waals surface area (Å²) in [6.07, 6.45) is 3.34. The van der Waals surface area contributed by atoms with Gasteiger partial charge in [0.05, 0.1) is 0 Å². The first-order valence-electron chi connectivity index (χ1n) is 7.34. The van der Waals surface area contributed by atoms with Gasteiger partial charge in [0, 0.05) is 18.7 Å². The van der Waals surface area contributed by atoms with E-state index in [0.29, 0.717) is 24.0 Å². The van der Waals surface area contributed by atoms with Crippen molar-refractivity contribution in [3.05, 3.63) is 48.2 Å². The van der Waals surface area contributed by atoms with Gasteiger partial charge in [0.15, 0.2) is 0 Å². The van der Waals surface area contributed by atoms with Crippen LogP contribution >= 0.6 is 0 Å². The SMILES string of the molecule is OC(CNc1ccnc(C2CC2)n1)COc1ccc(F)cc1. The zero-order valence-corrected chi connectivity index (χ0v) is 12.1. The molecule has 1 heterocycles. The number of aliphatic hydroxyl groups is 1. The third-order valence-electron chi connectivity index (χ3n) is 3.39. The highest BCUT2D eigenvalue weighted by atomic mass is 19.1. The monoisotopic (exact) mass is 303 g/mol. The molecule has 1 aromatic heterocycles. The van der Waals surface area contributed by atoms with Crippen LogP contribution in [-0.4, -0.2) is 34.3 Å². The fourth-order valence-corrected chi connectivity index (χ4v) is 2.02.